The molecule has 0 heterocycles. The van der Waals surface area contributed by atoms with Gasteiger partial charge in [-0.3, -0.25) is 4.79 Å². The van der Waals surface area contributed by atoms with Crippen LogP contribution in [0.2, 0.25) is 0 Å². The van der Waals surface area contributed by atoms with Crippen molar-refractivity contribution in [3.63, 3.8) is 0 Å². The highest BCUT2D eigenvalue weighted by molar-refractivity contribution is 7.98. The van der Waals surface area contributed by atoms with Crippen LogP contribution < -0.4 is 42.5 Å². The number of rotatable bonds is 26. The number of benzene rings is 3. The predicted molar refractivity (Wildman–Crippen MR) is 511 cm³/mol. The van der Waals surface area contributed by atoms with Crippen LogP contribution >= 0.6 is 11.8 Å². The monoisotopic (exact) mass is 1970 g/mol. The van der Waals surface area contributed by atoms with Crippen LogP contribution in [0.4, 0.5) is 38.4 Å². The molecular formula is C95H154N8O33S. The molecule has 0 fully saturated rings. The number of carbonyl (C=O) groups is 16. The number of methoxy groups -OCH3 is 8. The fourth-order valence-electron chi connectivity index (χ4n) is 9.81. The van der Waals surface area contributed by atoms with E-state index < -0.39 is 190 Å². The lowest BCUT2D eigenvalue weighted by molar-refractivity contribution is -0.145. The largest absolute Gasteiger partial charge is 0.468 e. The lowest BCUT2D eigenvalue weighted by atomic mass is 10.00. The van der Waals surface area contributed by atoms with Gasteiger partial charge in [-0.15, -0.1) is 0 Å². The van der Waals surface area contributed by atoms with Gasteiger partial charge in [0.15, 0.2) is 12.1 Å². The zero-order valence-electron chi connectivity index (χ0n) is 86.6. The van der Waals surface area contributed by atoms with Gasteiger partial charge in [0.2, 0.25) is 0 Å². The van der Waals surface area contributed by atoms with E-state index in [1.807, 2.05) is 74.7 Å². The molecule has 41 nitrogen and oxygen atoms in total. The van der Waals surface area contributed by atoms with Crippen molar-refractivity contribution in [2.75, 3.05) is 82.0 Å². The third kappa shape index (κ3) is 69.2. The number of aliphatic hydroxyl groups is 1. The fourth-order valence-corrected chi connectivity index (χ4v) is 10.3. The first-order valence-electron chi connectivity index (χ1n) is 43.3. The van der Waals surface area contributed by atoms with E-state index >= 15 is 0 Å². The predicted octanol–water partition coefficient (Wildman–Crippen LogP) is 13.1. The van der Waals surface area contributed by atoms with Crippen molar-refractivity contribution in [1.82, 2.24) is 42.5 Å². The van der Waals surface area contributed by atoms with Crippen molar-refractivity contribution >= 4 is 114 Å². The summed E-state index contributed by atoms with van der Waals surface area (Å²) in [6, 6.07) is 20.8. The van der Waals surface area contributed by atoms with Gasteiger partial charge < -0.3 is 123 Å². The highest BCUT2D eigenvalue weighted by Gasteiger charge is 2.34. The van der Waals surface area contributed by atoms with Crippen molar-refractivity contribution in [2.45, 2.75) is 300 Å². The Bertz CT molecular complexity index is 4250. The molecule has 0 aliphatic heterocycles. The summed E-state index contributed by atoms with van der Waals surface area (Å²) < 4.78 is 76.9. The summed E-state index contributed by atoms with van der Waals surface area (Å²) in [4.78, 5) is 182. The van der Waals surface area contributed by atoms with Gasteiger partial charge in [-0.1, -0.05) is 105 Å². The van der Waals surface area contributed by atoms with Gasteiger partial charge in [0, 0.05) is 12.8 Å². The number of fused-ring (bicyclic) bond motifs is 1. The smallest absolute Gasteiger partial charge is 0.408 e. The second kappa shape index (κ2) is 64.6. The summed E-state index contributed by atoms with van der Waals surface area (Å²) in [5.41, 5.74) is 0.150. The molecule has 7 atom stereocenters. The normalized spacial score (nSPS) is 12.8. The lowest BCUT2D eigenvalue weighted by Crippen LogP contribution is -2.46. The molecule has 1 aliphatic rings. The number of thioether (sulfide) groups is 1. The Morgan fingerprint density at radius 1 is 0.343 bits per heavy atom. The Labute approximate surface area is 811 Å². The van der Waals surface area contributed by atoms with Gasteiger partial charge in [-0.2, -0.15) is 11.8 Å². The molecule has 4 rings (SSSR count). The summed E-state index contributed by atoms with van der Waals surface area (Å²) in [5.74, 6) is -3.48. The minimum Gasteiger partial charge on any atom is -0.468 e. The number of carbonyl (C=O) groups excluding carboxylic acids is 16. The number of alkyl carbamates (subject to hydrolysis) is 8. The maximum atomic E-state index is 12.0. The fraction of sp³-hybridized carbons (Fsp3) is 0.621. The van der Waals surface area contributed by atoms with Gasteiger partial charge in [0.25, 0.3) is 0 Å². The van der Waals surface area contributed by atoms with Gasteiger partial charge in [0.1, 0.15) is 81.6 Å². The first-order chi connectivity index (χ1) is 62.8. The molecule has 7 unspecified atom stereocenters. The van der Waals surface area contributed by atoms with Crippen LogP contribution in [0.1, 0.15) is 228 Å². The molecule has 0 saturated carbocycles. The average molecular weight is 1970 g/mol. The van der Waals surface area contributed by atoms with Gasteiger partial charge >= 0.3 is 96.5 Å². The number of aliphatic hydroxyl groups excluding tert-OH is 1. The maximum absolute atomic E-state index is 12.0. The Hall–Kier alpha value is -12.4. The molecule has 778 valence electrons. The molecule has 137 heavy (non-hydrogen) atoms. The third-order valence-corrected chi connectivity index (χ3v) is 16.1. The Balaban J connectivity index is -0.000000743. The van der Waals surface area contributed by atoms with Crippen molar-refractivity contribution in [2.24, 2.45) is 5.92 Å². The molecule has 3 aromatic carbocycles. The number of allylic oxidation sites excluding steroid dienone is 1. The second-order valence-electron chi connectivity index (χ2n) is 37.6. The number of hydrogen-bond donors (Lipinski definition) is 9. The average Bonchev–Trinajstić information content (AvgIpc) is 1.69. The van der Waals surface area contributed by atoms with E-state index in [-0.39, 0.29) is 12.5 Å². The molecular weight excluding hydrogens is 1810 g/mol. The van der Waals surface area contributed by atoms with E-state index in [0.717, 1.165) is 28.9 Å². The summed E-state index contributed by atoms with van der Waals surface area (Å²) in [5, 5.41) is 28.2. The first kappa shape index (κ1) is 131. The van der Waals surface area contributed by atoms with Crippen molar-refractivity contribution < 1.29 is 158 Å². The van der Waals surface area contributed by atoms with E-state index in [1.54, 1.807) is 202 Å². The van der Waals surface area contributed by atoms with Crippen LogP contribution in [0.15, 0.2) is 91.0 Å². The summed E-state index contributed by atoms with van der Waals surface area (Å²) in [6.45, 7) is 46.4. The molecule has 9 N–H and O–H groups in total. The number of nitrogens with one attached hydrogen (secondary N) is 8. The number of esters is 8. The maximum Gasteiger partial charge on any atom is 0.408 e. The second-order valence-corrected chi connectivity index (χ2v) is 38.5. The summed E-state index contributed by atoms with van der Waals surface area (Å²) >= 11 is 1.60. The SMILES string of the molecule is COC(=O)C(C)NC(=O)OC(C)(C)C.COC(=O)C(CC1=CCc2ccccc21)NC(=O)OC(C)(C)C.COC(=O)C(CCSC)NC(=O)OC(C)(C)C.COC(=O)C(CO)NC(=O)OC(C)(C)C.COC(=O)C(Cc1ccccc1)NC(=O)OC(C)(C)C.COC(=O)C(NC(=O)OC(C)(C)C)C(C)C.COC(=O)C(NC(=O)OC(C)(C)C)c1ccccc1.COC(=O)CNC(=O)OC(C)(C)C. The van der Waals surface area contributed by atoms with Gasteiger partial charge in [0.05, 0.1) is 63.5 Å². The summed E-state index contributed by atoms with van der Waals surface area (Å²) in [6.07, 6.45) is 0.939. The van der Waals surface area contributed by atoms with Crippen LogP contribution in [0.25, 0.3) is 5.57 Å². The number of amides is 8. The number of ether oxygens (including phenoxy) is 16. The van der Waals surface area contributed by atoms with Crippen molar-refractivity contribution in [3.05, 3.63) is 113 Å². The minimum absolute atomic E-state index is 0.0556. The Morgan fingerprint density at radius 3 is 1.01 bits per heavy atom. The van der Waals surface area contributed by atoms with Gasteiger partial charge in [-0.25, -0.2) is 71.9 Å². The lowest BCUT2D eigenvalue weighted by Gasteiger charge is -2.24. The van der Waals surface area contributed by atoms with E-state index in [9.17, 15) is 76.7 Å². The molecule has 0 saturated heterocycles. The van der Waals surface area contributed by atoms with Crippen LogP contribution in [0, 0.1) is 5.92 Å². The van der Waals surface area contributed by atoms with Gasteiger partial charge in [-0.05, 0) is 232 Å². The molecule has 1 aliphatic carbocycles. The molecule has 0 spiro atoms. The zero-order chi connectivity index (χ0) is 107. The molecule has 42 heteroatoms. The van der Waals surface area contributed by atoms with Crippen LogP contribution in [-0.2, 0) is 127 Å². The zero-order valence-corrected chi connectivity index (χ0v) is 87.5. The van der Waals surface area contributed by atoms with E-state index in [2.05, 4.69) is 83.1 Å². The van der Waals surface area contributed by atoms with E-state index in [1.165, 1.54) is 69.4 Å². The quantitative estimate of drug-likeness (QED) is 0.0266. The highest BCUT2D eigenvalue weighted by Crippen LogP contribution is 2.31. The van der Waals surface area contributed by atoms with E-state index in [4.69, 9.17) is 52.5 Å². The molecule has 3 aromatic rings. The first-order valence-corrected chi connectivity index (χ1v) is 44.7. The van der Waals surface area contributed by atoms with Crippen molar-refractivity contribution in [3.8, 4) is 0 Å². The standard InChI is InChI=1S/C18H23NO4.C15H21NO4.C14H19NO4.C11H21NO4S.C11H21NO4.C9H17NO5.C9H17NO4.C8H15NO4/c1-18(2,3)23-17(21)19-15(16(20)22-4)11-13-10-9-12-7-5-6-8-14(12)13;1-15(2,3)20-14(18)16-12(13(17)19-4)10-11-8-6-5-7-9-11;1-14(2,3)19-13(17)15-11(12(16)18-4)10-8-6-5-7-9-10;1-11(2,3)16-10(14)12-8(6-7-17-5)9(13)15-4;1-7(2)8(9(13)15-6)12-10(14)16-11(3,4)5;1-9(2,3)15-8(13)10-6(5-11)7(12)14-4;1-6(7(11)13-5)10-8(12)14-9(2,3)4;1-8(2,3)13-7(11)9-5-6(10)12-4/h5-8,10,15H,9,11H2,1-4H3,(H,19,21);5-9,12H,10H2,1-4H3,(H,16,18);5-9,11H,1-4H3,(H,15,17);8H,6-7H2,1-5H3,(H,12,14);7-8H,1-6H3,(H,12,14);6,11H,5H2,1-4H3,(H,10,13);6H,1-5H3,(H,10,12);5H2,1-4H3,(H,9,11). The Morgan fingerprint density at radius 2 is 0.657 bits per heavy atom. The molecule has 0 radical (unpaired) electrons. The van der Waals surface area contributed by atoms with E-state index in [0.29, 0.717) is 24.8 Å². The third-order valence-electron chi connectivity index (χ3n) is 15.5. The highest BCUT2D eigenvalue weighted by atomic mass is 32.2. The summed E-state index contributed by atoms with van der Waals surface area (Å²) in [7, 11) is 10.1. The molecule has 0 bridgehead atoms. The molecule has 8 amide bonds. The topological polar surface area (TPSA) is 537 Å². The van der Waals surface area contributed by atoms with Crippen LogP contribution in [0.5, 0.6) is 0 Å². The Kier molecular flexibility index (Phi) is 61.7. The van der Waals surface area contributed by atoms with Crippen LogP contribution in [0.3, 0.4) is 0 Å². The van der Waals surface area contributed by atoms with Crippen LogP contribution in [-0.4, -0.2) is 265 Å². The number of hydrogen-bond acceptors (Lipinski definition) is 34. The molecule has 0 aromatic heterocycles. The van der Waals surface area contributed by atoms with Crippen molar-refractivity contribution in [1.29, 1.82) is 0 Å². The minimum atomic E-state index is -1.09.